The summed E-state index contributed by atoms with van der Waals surface area (Å²) in [5, 5.41) is 14.5. The van der Waals surface area contributed by atoms with E-state index in [2.05, 4.69) is 20.6 Å². The number of amides is 2. The van der Waals surface area contributed by atoms with Crippen LogP contribution in [-0.2, 0) is 10.3 Å². The van der Waals surface area contributed by atoms with Crippen molar-refractivity contribution in [2.75, 3.05) is 24.3 Å². The van der Waals surface area contributed by atoms with E-state index in [0.29, 0.717) is 23.1 Å². The first-order valence-corrected chi connectivity index (χ1v) is 10.3. The lowest BCUT2D eigenvalue weighted by Gasteiger charge is -2.35. The van der Waals surface area contributed by atoms with Gasteiger partial charge in [-0.25, -0.2) is 19.2 Å². The second-order valence-corrected chi connectivity index (χ2v) is 8.25. The molecule has 2 atom stereocenters. The number of aliphatic imine (C=N–C) groups is 1. The highest BCUT2D eigenvalue weighted by Crippen LogP contribution is 2.46. The molecule has 0 radical (unpaired) electrons. The summed E-state index contributed by atoms with van der Waals surface area (Å²) in [4.78, 5) is 32.0. The molecule has 0 unspecified atom stereocenters. The average Bonchev–Trinajstić information content (AvgIpc) is 3.13. The first kappa shape index (κ1) is 20.6. The fraction of sp³-hybridized carbons (Fsp3) is 0.263. The van der Waals surface area contributed by atoms with E-state index < -0.39 is 23.4 Å². The van der Waals surface area contributed by atoms with Crippen LogP contribution in [0.3, 0.4) is 0 Å². The number of nitrogens with one attached hydrogen (secondary N) is 2. The van der Waals surface area contributed by atoms with Crippen molar-refractivity contribution < 1.29 is 23.8 Å². The van der Waals surface area contributed by atoms with Crippen molar-refractivity contribution in [1.29, 1.82) is 0 Å². The van der Waals surface area contributed by atoms with Gasteiger partial charge in [0.1, 0.15) is 17.1 Å². The molecule has 2 aromatic rings. The van der Waals surface area contributed by atoms with Crippen LogP contribution in [0.25, 0.3) is 0 Å². The van der Waals surface area contributed by atoms with Gasteiger partial charge in [-0.1, -0.05) is 23.4 Å². The van der Waals surface area contributed by atoms with Crippen molar-refractivity contribution in [3.8, 4) is 0 Å². The van der Waals surface area contributed by atoms with Gasteiger partial charge in [0.15, 0.2) is 5.17 Å². The minimum absolute atomic E-state index is 0.107. The van der Waals surface area contributed by atoms with Gasteiger partial charge in [-0.3, -0.25) is 10.1 Å². The third kappa shape index (κ3) is 3.98. The molecule has 30 heavy (non-hydrogen) atoms. The van der Waals surface area contributed by atoms with Crippen molar-refractivity contribution in [1.82, 2.24) is 10.3 Å². The number of anilines is 1. The zero-order valence-corrected chi connectivity index (χ0v) is 17.0. The Kier molecular flexibility index (Phi) is 5.63. The van der Waals surface area contributed by atoms with E-state index in [1.807, 2.05) is 0 Å². The summed E-state index contributed by atoms with van der Waals surface area (Å²) in [6.45, 7) is 0.484. The molecule has 2 aliphatic heterocycles. The summed E-state index contributed by atoms with van der Waals surface area (Å²) < 4.78 is 20.5. The number of fused-ring (bicyclic) bond motifs is 1. The molecule has 0 spiro atoms. The van der Waals surface area contributed by atoms with E-state index in [9.17, 15) is 14.0 Å². The molecule has 11 heteroatoms. The smallest absolute Gasteiger partial charge is 0.410 e. The molecule has 2 amide bonds. The lowest BCUT2D eigenvalue weighted by molar-refractivity contribution is 0.102. The summed E-state index contributed by atoms with van der Waals surface area (Å²) in [5.74, 6) is -0.611. The number of benzene rings is 1. The van der Waals surface area contributed by atoms with Gasteiger partial charge in [0.25, 0.3) is 5.91 Å². The SMILES string of the molecule is O=C(O)NC1=N[C@@]2(c3cc(NC(=O)c4ccc(Cl)cn4)ccc3F)COC[C@H]2CS1. The highest BCUT2D eigenvalue weighted by Gasteiger charge is 2.49. The predicted octanol–water partition coefficient (Wildman–Crippen LogP) is 3.34. The molecule has 4 rings (SSSR count). The van der Waals surface area contributed by atoms with Crippen LogP contribution in [0.1, 0.15) is 16.1 Å². The van der Waals surface area contributed by atoms with E-state index in [-0.39, 0.29) is 28.9 Å². The van der Waals surface area contributed by atoms with Crippen LogP contribution < -0.4 is 10.6 Å². The zero-order chi connectivity index (χ0) is 21.3. The van der Waals surface area contributed by atoms with E-state index in [4.69, 9.17) is 21.4 Å². The molecule has 8 nitrogen and oxygen atoms in total. The lowest BCUT2D eigenvalue weighted by atomic mass is 9.81. The second-order valence-electron chi connectivity index (χ2n) is 6.80. The Morgan fingerprint density at radius 3 is 2.87 bits per heavy atom. The largest absolute Gasteiger partial charge is 0.465 e. The Balaban J connectivity index is 1.67. The van der Waals surface area contributed by atoms with E-state index >= 15 is 0 Å². The minimum atomic E-state index is -1.24. The van der Waals surface area contributed by atoms with E-state index in [1.54, 1.807) is 6.07 Å². The van der Waals surface area contributed by atoms with Gasteiger partial charge in [0, 0.05) is 29.1 Å². The number of aromatic nitrogens is 1. The van der Waals surface area contributed by atoms with Crippen molar-refractivity contribution in [2.24, 2.45) is 10.9 Å². The first-order chi connectivity index (χ1) is 14.4. The first-order valence-electron chi connectivity index (χ1n) is 8.91. The normalized spacial score (nSPS) is 22.7. The fourth-order valence-corrected chi connectivity index (χ4v) is 4.70. The number of amidine groups is 1. The Hall–Kier alpha value is -2.69. The van der Waals surface area contributed by atoms with Crippen LogP contribution in [0.15, 0.2) is 41.5 Å². The number of carbonyl (C=O) groups is 2. The molecule has 0 bridgehead atoms. The standard InChI is InChI=1S/C19H16ClFN4O4S/c20-11-1-4-15(22-6-11)16(26)23-12-2-3-14(21)13(5-12)19-9-29-7-10(19)8-30-17(25-19)24-18(27)28/h1-6,10H,7-9H2,(H,23,26)(H,24,25)(H,27,28)/t10-,19-/m0/s1. The molecule has 3 heterocycles. The number of hydrogen-bond acceptors (Lipinski definition) is 6. The number of carboxylic acid groups (broad SMARTS) is 1. The maximum atomic E-state index is 14.9. The van der Waals surface area contributed by atoms with Gasteiger partial charge in [-0.15, -0.1) is 0 Å². The van der Waals surface area contributed by atoms with Crippen LogP contribution in [0.5, 0.6) is 0 Å². The number of ether oxygens (including phenoxy) is 1. The number of rotatable bonds is 3. The molecule has 1 saturated heterocycles. The third-order valence-corrected chi connectivity index (χ3v) is 6.16. The number of nitrogens with zero attached hydrogens (tertiary/aromatic N) is 2. The maximum absolute atomic E-state index is 14.9. The zero-order valence-electron chi connectivity index (χ0n) is 15.4. The molecule has 3 N–H and O–H groups in total. The molecule has 0 aliphatic carbocycles. The van der Waals surface area contributed by atoms with Gasteiger partial charge in [0.05, 0.1) is 18.2 Å². The van der Waals surface area contributed by atoms with Crippen LogP contribution in [-0.4, -0.2) is 46.2 Å². The number of pyridine rings is 1. The summed E-state index contributed by atoms with van der Waals surface area (Å²) in [6, 6.07) is 7.21. The average molecular weight is 451 g/mol. The molecule has 0 saturated carbocycles. The topological polar surface area (TPSA) is 113 Å². The number of halogens is 2. The monoisotopic (exact) mass is 450 g/mol. The van der Waals surface area contributed by atoms with Gasteiger partial charge >= 0.3 is 6.09 Å². The van der Waals surface area contributed by atoms with E-state index in [1.165, 1.54) is 42.2 Å². The molecule has 1 aromatic carbocycles. The molecule has 1 fully saturated rings. The molecular formula is C19H16ClFN4O4S. The van der Waals surface area contributed by atoms with Crippen LogP contribution in [0, 0.1) is 11.7 Å². The Bertz CT molecular complexity index is 1040. The summed E-state index contributed by atoms with van der Waals surface area (Å²) in [6.07, 6.45) is 0.114. The Labute approximate surface area is 179 Å². The number of carbonyl (C=O) groups excluding carboxylic acids is 1. The van der Waals surface area contributed by atoms with Crippen molar-refractivity contribution >= 4 is 46.2 Å². The van der Waals surface area contributed by atoms with Crippen LogP contribution in [0.4, 0.5) is 14.9 Å². The highest BCUT2D eigenvalue weighted by atomic mass is 35.5. The number of thioether (sulfide) groups is 1. The quantitative estimate of drug-likeness (QED) is 0.661. The number of hydrogen-bond donors (Lipinski definition) is 3. The predicted molar refractivity (Wildman–Crippen MR) is 111 cm³/mol. The van der Waals surface area contributed by atoms with Crippen LogP contribution in [0.2, 0.25) is 5.02 Å². The summed E-state index contributed by atoms with van der Waals surface area (Å²) in [5.41, 5.74) is -0.330. The summed E-state index contributed by atoms with van der Waals surface area (Å²) in [7, 11) is 0. The summed E-state index contributed by atoms with van der Waals surface area (Å²) >= 11 is 7.04. The molecule has 2 aliphatic rings. The van der Waals surface area contributed by atoms with Crippen LogP contribution >= 0.6 is 23.4 Å². The fourth-order valence-electron chi connectivity index (χ4n) is 3.47. The van der Waals surface area contributed by atoms with Gasteiger partial charge in [-0.2, -0.15) is 0 Å². The van der Waals surface area contributed by atoms with Crippen molar-refractivity contribution in [3.05, 3.63) is 58.6 Å². The molecular weight excluding hydrogens is 435 g/mol. The van der Waals surface area contributed by atoms with Crippen molar-refractivity contribution in [3.63, 3.8) is 0 Å². The second kappa shape index (κ2) is 8.21. The Morgan fingerprint density at radius 1 is 1.30 bits per heavy atom. The maximum Gasteiger partial charge on any atom is 0.410 e. The van der Waals surface area contributed by atoms with Crippen molar-refractivity contribution in [2.45, 2.75) is 5.54 Å². The van der Waals surface area contributed by atoms with Gasteiger partial charge in [0.2, 0.25) is 0 Å². The Morgan fingerprint density at radius 2 is 2.13 bits per heavy atom. The van der Waals surface area contributed by atoms with Gasteiger partial charge < -0.3 is 15.2 Å². The minimum Gasteiger partial charge on any atom is -0.465 e. The lowest BCUT2D eigenvalue weighted by Crippen LogP contribution is -2.42. The molecule has 1 aromatic heterocycles. The van der Waals surface area contributed by atoms with Gasteiger partial charge in [-0.05, 0) is 30.3 Å². The van der Waals surface area contributed by atoms with E-state index in [0.717, 1.165) is 0 Å². The molecule has 156 valence electrons. The highest BCUT2D eigenvalue weighted by molar-refractivity contribution is 8.13. The third-order valence-electron chi connectivity index (χ3n) is 4.90.